The molecule has 0 atom stereocenters. The molecule has 1 aromatic heterocycles. The zero-order chi connectivity index (χ0) is 13.1. The van der Waals surface area contributed by atoms with Crippen LogP contribution in [0.15, 0.2) is 4.42 Å². The quantitative estimate of drug-likeness (QED) is 0.813. The molecule has 1 aliphatic rings. The Morgan fingerprint density at radius 3 is 2.61 bits per heavy atom. The zero-order valence-corrected chi connectivity index (χ0v) is 10.6. The maximum absolute atomic E-state index is 11.4. The molecule has 1 aliphatic carbocycles. The lowest BCUT2D eigenvalue weighted by atomic mass is 9.98. The number of carboxylic acids is 1. The fourth-order valence-electron chi connectivity index (χ4n) is 2.74. The highest BCUT2D eigenvalue weighted by Gasteiger charge is 2.31. The normalized spacial score (nSPS) is 16.1. The van der Waals surface area contributed by atoms with Crippen LogP contribution in [0.1, 0.15) is 77.2 Å². The van der Waals surface area contributed by atoms with Crippen LogP contribution in [0.2, 0.25) is 0 Å². The maximum Gasteiger partial charge on any atom is 0.340 e. The van der Waals surface area contributed by atoms with Gasteiger partial charge in [-0.1, -0.05) is 19.8 Å². The molecule has 1 N–H and O–H groups in total. The highest BCUT2D eigenvalue weighted by Crippen LogP contribution is 2.39. The van der Waals surface area contributed by atoms with Crippen molar-refractivity contribution in [2.75, 3.05) is 0 Å². The number of aldehydes is 1. The van der Waals surface area contributed by atoms with Gasteiger partial charge in [0.1, 0.15) is 17.1 Å². The summed E-state index contributed by atoms with van der Waals surface area (Å²) in [6.07, 6.45) is 6.18. The highest BCUT2D eigenvalue weighted by molar-refractivity contribution is 5.99. The average molecular weight is 250 g/mol. The van der Waals surface area contributed by atoms with E-state index < -0.39 is 5.97 Å². The van der Waals surface area contributed by atoms with E-state index in [0.717, 1.165) is 32.1 Å². The number of furan rings is 1. The minimum atomic E-state index is -1.05. The summed E-state index contributed by atoms with van der Waals surface area (Å²) in [5, 5.41) is 9.30. The Bertz CT molecular complexity index is 453. The second-order valence-corrected chi connectivity index (χ2v) is 4.83. The first kappa shape index (κ1) is 12.9. The van der Waals surface area contributed by atoms with Crippen LogP contribution in [-0.2, 0) is 6.42 Å². The first-order valence-electron chi connectivity index (χ1n) is 6.53. The van der Waals surface area contributed by atoms with E-state index in [1.165, 1.54) is 0 Å². The van der Waals surface area contributed by atoms with Crippen LogP contribution in [0.3, 0.4) is 0 Å². The number of aryl methyl sites for hydroxylation is 1. The van der Waals surface area contributed by atoms with Gasteiger partial charge < -0.3 is 9.52 Å². The van der Waals surface area contributed by atoms with Gasteiger partial charge in [0.2, 0.25) is 0 Å². The summed E-state index contributed by atoms with van der Waals surface area (Å²) >= 11 is 0. The van der Waals surface area contributed by atoms with E-state index in [-0.39, 0.29) is 17.0 Å². The molecule has 18 heavy (non-hydrogen) atoms. The van der Waals surface area contributed by atoms with Crippen molar-refractivity contribution in [3.05, 3.63) is 22.6 Å². The summed E-state index contributed by atoms with van der Waals surface area (Å²) in [6, 6.07) is 0. The summed E-state index contributed by atoms with van der Waals surface area (Å²) < 4.78 is 5.71. The lowest BCUT2D eigenvalue weighted by molar-refractivity contribution is 0.0691. The topological polar surface area (TPSA) is 67.5 Å². The number of hydrogen-bond acceptors (Lipinski definition) is 3. The predicted molar refractivity (Wildman–Crippen MR) is 66.3 cm³/mol. The minimum Gasteiger partial charge on any atom is -0.478 e. The predicted octanol–water partition coefficient (Wildman–Crippen LogP) is 3.40. The number of carbonyl (C=O) groups excluding carboxylic acids is 1. The lowest BCUT2D eigenvalue weighted by Crippen LogP contribution is -2.05. The van der Waals surface area contributed by atoms with Crippen LogP contribution in [-0.4, -0.2) is 17.4 Å². The summed E-state index contributed by atoms with van der Waals surface area (Å²) in [5.41, 5.74) is 0.339. The van der Waals surface area contributed by atoms with Crippen molar-refractivity contribution < 1.29 is 19.1 Å². The summed E-state index contributed by atoms with van der Waals surface area (Å²) in [6.45, 7) is 1.98. The summed E-state index contributed by atoms with van der Waals surface area (Å²) in [4.78, 5) is 22.5. The van der Waals surface area contributed by atoms with Gasteiger partial charge in [0.25, 0.3) is 0 Å². The second-order valence-electron chi connectivity index (χ2n) is 4.83. The van der Waals surface area contributed by atoms with Crippen molar-refractivity contribution in [3.63, 3.8) is 0 Å². The SMILES string of the molecule is CCCc1oc(C2CCCC2)c(C(=O)O)c1C=O. The average Bonchev–Trinajstić information content (AvgIpc) is 2.94. The van der Waals surface area contributed by atoms with Crippen molar-refractivity contribution in [2.24, 2.45) is 0 Å². The number of rotatable bonds is 5. The van der Waals surface area contributed by atoms with E-state index in [9.17, 15) is 14.7 Å². The molecule has 0 saturated heterocycles. The third-order valence-corrected chi connectivity index (χ3v) is 3.58. The molecule has 4 heteroatoms. The van der Waals surface area contributed by atoms with Gasteiger partial charge in [-0.15, -0.1) is 0 Å². The standard InChI is InChI=1S/C14H18O4/c1-2-5-11-10(8-15)12(14(16)17)13(18-11)9-6-3-4-7-9/h8-9H,2-7H2,1H3,(H,16,17). The third-order valence-electron chi connectivity index (χ3n) is 3.58. The van der Waals surface area contributed by atoms with Crippen LogP contribution in [0.5, 0.6) is 0 Å². The van der Waals surface area contributed by atoms with Gasteiger partial charge in [-0.25, -0.2) is 4.79 Å². The van der Waals surface area contributed by atoms with Gasteiger partial charge in [-0.2, -0.15) is 0 Å². The Morgan fingerprint density at radius 2 is 2.11 bits per heavy atom. The molecule has 1 aromatic rings. The number of carboxylic acid groups (broad SMARTS) is 1. The largest absolute Gasteiger partial charge is 0.478 e. The molecule has 1 saturated carbocycles. The van der Waals surface area contributed by atoms with Gasteiger partial charge in [0, 0.05) is 12.3 Å². The molecule has 0 bridgehead atoms. The second kappa shape index (κ2) is 5.38. The van der Waals surface area contributed by atoms with Crippen molar-refractivity contribution in [2.45, 2.75) is 51.4 Å². The molecule has 0 amide bonds. The van der Waals surface area contributed by atoms with E-state index in [4.69, 9.17) is 4.42 Å². The Hall–Kier alpha value is -1.58. The molecule has 0 aromatic carbocycles. The van der Waals surface area contributed by atoms with Crippen LogP contribution in [0.4, 0.5) is 0 Å². The van der Waals surface area contributed by atoms with Crippen LogP contribution >= 0.6 is 0 Å². The van der Waals surface area contributed by atoms with Gasteiger partial charge in [-0.05, 0) is 19.3 Å². The van der Waals surface area contributed by atoms with E-state index in [1.54, 1.807) is 0 Å². The maximum atomic E-state index is 11.4. The molecule has 0 spiro atoms. The van der Waals surface area contributed by atoms with Crippen LogP contribution < -0.4 is 0 Å². The Kier molecular flexibility index (Phi) is 3.84. The molecule has 0 aliphatic heterocycles. The van der Waals surface area contributed by atoms with E-state index >= 15 is 0 Å². The first-order valence-corrected chi connectivity index (χ1v) is 6.53. The van der Waals surface area contributed by atoms with Gasteiger partial charge in [-0.3, -0.25) is 4.79 Å². The monoisotopic (exact) mass is 250 g/mol. The fourth-order valence-corrected chi connectivity index (χ4v) is 2.74. The molecular formula is C14H18O4. The van der Waals surface area contributed by atoms with Crippen molar-refractivity contribution in [3.8, 4) is 0 Å². The molecule has 98 valence electrons. The number of aromatic carboxylic acids is 1. The molecule has 4 nitrogen and oxygen atoms in total. The summed E-state index contributed by atoms with van der Waals surface area (Å²) in [7, 11) is 0. The van der Waals surface area contributed by atoms with Gasteiger partial charge >= 0.3 is 5.97 Å². The Morgan fingerprint density at radius 1 is 1.44 bits per heavy atom. The van der Waals surface area contributed by atoms with E-state index in [1.807, 2.05) is 6.92 Å². The summed E-state index contributed by atoms with van der Waals surface area (Å²) in [5.74, 6) is 0.169. The Labute approximate surface area is 106 Å². The minimum absolute atomic E-state index is 0.0975. The smallest absolute Gasteiger partial charge is 0.340 e. The molecule has 0 unspecified atom stereocenters. The number of carbonyl (C=O) groups is 2. The molecule has 0 radical (unpaired) electrons. The molecular weight excluding hydrogens is 232 g/mol. The Balaban J connectivity index is 2.49. The van der Waals surface area contributed by atoms with Crippen molar-refractivity contribution >= 4 is 12.3 Å². The highest BCUT2D eigenvalue weighted by atomic mass is 16.4. The molecule has 1 heterocycles. The fraction of sp³-hybridized carbons (Fsp3) is 0.571. The van der Waals surface area contributed by atoms with E-state index in [0.29, 0.717) is 24.2 Å². The van der Waals surface area contributed by atoms with Gasteiger partial charge in [0.15, 0.2) is 6.29 Å². The van der Waals surface area contributed by atoms with Crippen LogP contribution in [0, 0.1) is 0 Å². The zero-order valence-electron chi connectivity index (χ0n) is 10.6. The van der Waals surface area contributed by atoms with Crippen molar-refractivity contribution in [1.82, 2.24) is 0 Å². The molecule has 1 fully saturated rings. The van der Waals surface area contributed by atoms with Crippen LogP contribution in [0.25, 0.3) is 0 Å². The third kappa shape index (κ3) is 2.19. The molecule has 2 rings (SSSR count). The lowest BCUT2D eigenvalue weighted by Gasteiger charge is -2.06. The van der Waals surface area contributed by atoms with Gasteiger partial charge in [0.05, 0.1) is 5.56 Å². The van der Waals surface area contributed by atoms with E-state index in [2.05, 4.69) is 0 Å². The number of hydrogen-bond donors (Lipinski definition) is 1. The first-order chi connectivity index (χ1) is 8.69. The van der Waals surface area contributed by atoms with Crippen molar-refractivity contribution in [1.29, 1.82) is 0 Å².